The van der Waals surface area contributed by atoms with E-state index >= 15 is 0 Å². The lowest BCUT2D eigenvalue weighted by atomic mass is 10.0. The van der Waals surface area contributed by atoms with Crippen molar-refractivity contribution < 1.29 is 4.79 Å². The maximum absolute atomic E-state index is 12.5. The fourth-order valence-corrected chi connectivity index (χ4v) is 2.73. The first-order chi connectivity index (χ1) is 10.7. The highest BCUT2D eigenvalue weighted by Crippen LogP contribution is 2.17. The van der Waals surface area contributed by atoms with Gasteiger partial charge in [-0.3, -0.25) is 9.36 Å². The topological polar surface area (TPSA) is 22.0 Å². The van der Waals surface area contributed by atoms with E-state index in [-0.39, 0.29) is 5.91 Å². The first-order valence-corrected chi connectivity index (χ1v) is 8.51. The molecule has 2 rings (SSSR count). The molecule has 22 heavy (non-hydrogen) atoms. The number of nitrogens with zero attached hydrogens (tertiary/aromatic N) is 1. The molecule has 0 amide bonds. The highest BCUT2D eigenvalue weighted by atomic mass is 16.1. The summed E-state index contributed by atoms with van der Waals surface area (Å²) in [5.74, 6) is 0.159. The third-order valence-corrected chi connectivity index (χ3v) is 4.09. The monoisotopic (exact) mass is 297 g/mol. The molecule has 0 saturated carbocycles. The van der Waals surface area contributed by atoms with Gasteiger partial charge in [0.25, 0.3) is 0 Å². The molecule has 0 aliphatic carbocycles. The molecule has 2 nitrogen and oxygen atoms in total. The number of carbonyl (C=O) groups is 1. The molecule has 0 saturated heterocycles. The van der Waals surface area contributed by atoms with Crippen molar-refractivity contribution in [2.75, 3.05) is 0 Å². The van der Waals surface area contributed by atoms with Gasteiger partial charge in [0.1, 0.15) is 0 Å². The molecule has 118 valence electrons. The largest absolute Gasteiger partial charge is 0.294 e. The van der Waals surface area contributed by atoms with Crippen molar-refractivity contribution in [2.45, 2.75) is 58.8 Å². The number of aryl methyl sites for hydroxylation is 2. The van der Waals surface area contributed by atoms with Gasteiger partial charge in [0.05, 0.1) is 6.42 Å². The Morgan fingerprint density at radius 2 is 1.45 bits per heavy atom. The van der Waals surface area contributed by atoms with E-state index in [4.69, 9.17) is 0 Å². The normalized spacial score (nSPS) is 10.8. The van der Waals surface area contributed by atoms with Gasteiger partial charge in [-0.25, -0.2) is 0 Å². The van der Waals surface area contributed by atoms with Gasteiger partial charge in [0, 0.05) is 12.4 Å². The van der Waals surface area contributed by atoms with Crippen LogP contribution < -0.4 is 0 Å². The lowest BCUT2D eigenvalue weighted by molar-refractivity contribution is 0.0914. The Labute approximate surface area is 134 Å². The average molecular weight is 297 g/mol. The fourth-order valence-electron chi connectivity index (χ4n) is 2.73. The van der Waals surface area contributed by atoms with Crippen LogP contribution in [0.5, 0.6) is 0 Å². The summed E-state index contributed by atoms with van der Waals surface area (Å²) in [5.41, 5.74) is 3.79. The zero-order valence-electron chi connectivity index (χ0n) is 13.8. The molecule has 0 bridgehead atoms. The predicted octanol–water partition coefficient (Wildman–Crippen LogP) is 5.06. The highest BCUT2D eigenvalue weighted by molar-refractivity contribution is 5.81. The predicted molar refractivity (Wildman–Crippen MR) is 92.4 cm³/mol. The number of benzene rings is 1. The van der Waals surface area contributed by atoms with Gasteiger partial charge in [-0.1, -0.05) is 57.0 Å². The average Bonchev–Trinajstić information content (AvgIpc) is 2.95. The van der Waals surface area contributed by atoms with Gasteiger partial charge in [-0.15, -0.1) is 0 Å². The first-order valence-electron chi connectivity index (χ1n) is 8.51. The van der Waals surface area contributed by atoms with Crippen LogP contribution in [0.1, 0.15) is 61.0 Å². The number of rotatable bonds is 8. The van der Waals surface area contributed by atoms with Crippen molar-refractivity contribution in [3.8, 4) is 0 Å². The van der Waals surface area contributed by atoms with E-state index < -0.39 is 0 Å². The quantitative estimate of drug-likeness (QED) is 0.668. The van der Waals surface area contributed by atoms with Crippen LogP contribution in [0.15, 0.2) is 42.7 Å². The Hall–Kier alpha value is -1.83. The summed E-state index contributed by atoms with van der Waals surface area (Å²) in [6, 6.07) is 9.97. The lowest BCUT2D eigenvalue weighted by Gasteiger charge is -2.02. The SMILES string of the molecule is CCCCc1cn(C(=O)Cc2ccccc2)cc1CCCC. The van der Waals surface area contributed by atoms with Gasteiger partial charge < -0.3 is 0 Å². The van der Waals surface area contributed by atoms with Gasteiger partial charge in [-0.05, 0) is 42.4 Å². The highest BCUT2D eigenvalue weighted by Gasteiger charge is 2.11. The maximum atomic E-state index is 12.5. The number of hydrogen-bond donors (Lipinski definition) is 0. The minimum Gasteiger partial charge on any atom is -0.294 e. The second-order valence-corrected chi connectivity index (χ2v) is 5.98. The zero-order chi connectivity index (χ0) is 15.8. The van der Waals surface area contributed by atoms with Crippen LogP contribution in [0.25, 0.3) is 0 Å². The number of hydrogen-bond acceptors (Lipinski definition) is 1. The molecular weight excluding hydrogens is 270 g/mol. The Morgan fingerprint density at radius 3 is 1.95 bits per heavy atom. The molecule has 0 N–H and O–H groups in total. The first kappa shape index (κ1) is 16.5. The number of aromatic nitrogens is 1. The third kappa shape index (κ3) is 4.59. The molecule has 2 aromatic rings. The standard InChI is InChI=1S/C20H27NO/c1-3-5-12-18-15-21(16-19(18)13-6-4-2)20(22)14-17-10-8-7-9-11-17/h7-11,15-16H,3-6,12-14H2,1-2H3. The number of unbranched alkanes of at least 4 members (excludes halogenated alkanes) is 2. The molecule has 0 fully saturated rings. The van der Waals surface area contributed by atoms with Crippen LogP contribution in [0, 0.1) is 0 Å². The second kappa shape index (κ2) is 8.57. The van der Waals surface area contributed by atoms with Crippen LogP contribution >= 0.6 is 0 Å². The second-order valence-electron chi connectivity index (χ2n) is 5.98. The van der Waals surface area contributed by atoms with Gasteiger partial charge in [-0.2, -0.15) is 0 Å². The van der Waals surface area contributed by atoms with Crippen molar-refractivity contribution in [1.29, 1.82) is 0 Å². The minimum absolute atomic E-state index is 0.159. The summed E-state index contributed by atoms with van der Waals surface area (Å²) < 4.78 is 1.81. The van der Waals surface area contributed by atoms with Crippen molar-refractivity contribution in [3.63, 3.8) is 0 Å². The molecule has 1 aromatic heterocycles. The third-order valence-electron chi connectivity index (χ3n) is 4.09. The molecule has 2 heteroatoms. The number of carbonyl (C=O) groups excluding carboxylic acids is 1. The zero-order valence-corrected chi connectivity index (χ0v) is 13.8. The van der Waals surface area contributed by atoms with E-state index in [9.17, 15) is 4.79 Å². The van der Waals surface area contributed by atoms with Crippen LogP contribution in [0.4, 0.5) is 0 Å². The summed E-state index contributed by atoms with van der Waals surface area (Å²) >= 11 is 0. The van der Waals surface area contributed by atoms with Crippen LogP contribution in [0.2, 0.25) is 0 Å². The fraction of sp³-hybridized carbons (Fsp3) is 0.450. The molecule has 0 radical (unpaired) electrons. The molecule has 1 aromatic carbocycles. The summed E-state index contributed by atoms with van der Waals surface area (Å²) in [6.07, 6.45) is 11.5. The van der Waals surface area contributed by atoms with E-state index in [1.807, 2.05) is 34.9 Å². The van der Waals surface area contributed by atoms with Crippen molar-refractivity contribution in [1.82, 2.24) is 4.57 Å². The molecule has 0 unspecified atom stereocenters. The van der Waals surface area contributed by atoms with Crippen LogP contribution in [0.3, 0.4) is 0 Å². The summed E-state index contributed by atoms with van der Waals surface area (Å²) in [6.45, 7) is 4.42. The summed E-state index contributed by atoms with van der Waals surface area (Å²) in [7, 11) is 0. The Bertz CT molecular complexity index is 558. The van der Waals surface area contributed by atoms with Crippen molar-refractivity contribution in [2.24, 2.45) is 0 Å². The Kier molecular flexibility index (Phi) is 6.45. The van der Waals surface area contributed by atoms with E-state index in [1.54, 1.807) is 0 Å². The summed E-state index contributed by atoms with van der Waals surface area (Å²) in [4.78, 5) is 12.5. The van der Waals surface area contributed by atoms with Crippen LogP contribution in [-0.4, -0.2) is 10.5 Å². The van der Waals surface area contributed by atoms with Crippen LogP contribution in [-0.2, 0) is 19.3 Å². The molecule has 1 heterocycles. The van der Waals surface area contributed by atoms with E-state index in [1.165, 1.54) is 36.8 Å². The van der Waals surface area contributed by atoms with E-state index in [2.05, 4.69) is 26.2 Å². The van der Waals surface area contributed by atoms with Crippen molar-refractivity contribution >= 4 is 5.91 Å². The summed E-state index contributed by atoms with van der Waals surface area (Å²) in [5, 5.41) is 0. The van der Waals surface area contributed by atoms with Gasteiger partial charge >= 0.3 is 0 Å². The lowest BCUT2D eigenvalue weighted by Crippen LogP contribution is -2.11. The smallest absolute Gasteiger partial charge is 0.234 e. The Balaban J connectivity index is 2.12. The van der Waals surface area contributed by atoms with Crippen molar-refractivity contribution in [3.05, 3.63) is 59.4 Å². The minimum atomic E-state index is 0.159. The maximum Gasteiger partial charge on any atom is 0.234 e. The molecule has 0 atom stereocenters. The Morgan fingerprint density at radius 1 is 0.909 bits per heavy atom. The molecule has 0 aliphatic rings. The van der Waals surface area contributed by atoms with E-state index in [0.717, 1.165) is 18.4 Å². The molecule has 0 aliphatic heterocycles. The molecular formula is C20H27NO. The van der Waals surface area contributed by atoms with Gasteiger partial charge in [0.2, 0.25) is 5.91 Å². The van der Waals surface area contributed by atoms with Gasteiger partial charge in [0.15, 0.2) is 0 Å². The molecule has 0 spiro atoms. The van der Waals surface area contributed by atoms with E-state index in [0.29, 0.717) is 6.42 Å².